The highest BCUT2D eigenvalue weighted by molar-refractivity contribution is 5.19. The summed E-state index contributed by atoms with van der Waals surface area (Å²) < 4.78 is 0. The van der Waals surface area contributed by atoms with Gasteiger partial charge in [0, 0.05) is 11.1 Å². The molecule has 2 aromatic rings. The number of hydrogen-bond acceptors (Lipinski definition) is 2. The van der Waals surface area contributed by atoms with Gasteiger partial charge in [0.05, 0.1) is 0 Å². The van der Waals surface area contributed by atoms with E-state index in [4.69, 9.17) is 4.84 Å². The van der Waals surface area contributed by atoms with Crippen LogP contribution in [0.1, 0.15) is 92.9 Å². The topological polar surface area (TPSA) is 12.5 Å². The molecule has 1 aliphatic heterocycles. The van der Waals surface area contributed by atoms with Crippen molar-refractivity contribution >= 4 is 0 Å². The molecule has 1 atom stereocenters. The van der Waals surface area contributed by atoms with Crippen molar-refractivity contribution in [2.75, 3.05) is 0 Å². The van der Waals surface area contributed by atoms with Crippen LogP contribution in [0.25, 0.3) is 0 Å². The van der Waals surface area contributed by atoms with Crippen LogP contribution in [0, 0.1) is 0 Å². The van der Waals surface area contributed by atoms with Crippen molar-refractivity contribution in [2.45, 2.75) is 99.3 Å². The lowest BCUT2D eigenvalue weighted by Gasteiger charge is -2.52. The summed E-state index contributed by atoms with van der Waals surface area (Å²) in [6, 6.07) is 21.4. The summed E-state index contributed by atoms with van der Waals surface area (Å²) in [6.07, 6.45) is 5.70. The van der Waals surface area contributed by atoms with Gasteiger partial charge in [-0.1, -0.05) is 82.9 Å². The molecule has 0 saturated carbocycles. The number of piperidine rings is 1. The first-order valence-electron chi connectivity index (χ1n) is 9.94. The predicted molar refractivity (Wildman–Crippen MR) is 129 cm³/mol. The number of hydrogen-bond donors (Lipinski definition) is 0. The largest absolute Gasteiger partial charge is 0.290 e. The van der Waals surface area contributed by atoms with E-state index in [9.17, 15) is 0 Å². The van der Waals surface area contributed by atoms with Crippen molar-refractivity contribution in [2.24, 2.45) is 0 Å². The first-order valence-corrected chi connectivity index (χ1v) is 9.94. The Labute approximate surface area is 181 Å². The lowest BCUT2D eigenvalue weighted by molar-refractivity contribution is -0.308. The maximum absolute atomic E-state index is 6.76. The van der Waals surface area contributed by atoms with Crippen molar-refractivity contribution in [1.82, 2.24) is 5.06 Å². The van der Waals surface area contributed by atoms with Crippen LogP contribution in [0.5, 0.6) is 0 Å². The van der Waals surface area contributed by atoms with Crippen LogP contribution in [0.2, 0.25) is 0 Å². The van der Waals surface area contributed by atoms with Crippen LogP contribution in [-0.4, -0.2) is 16.1 Å². The molecular weight excluding hydrogens is 354 g/mol. The molecule has 0 spiro atoms. The minimum atomic E-state index is 0. The quantitative estimate of drug-likeness (QED) is 0.485. The molecule has 164 valence electrons. The predicted octanol–water partition coefficient (Wildman–Crippen LogP) is 8.24. The highest BCUT2D eigenvalue weighted by Crippen LogP contribution is 2.41. The average molecular weight is 400 g/mol. The lowest BCUT2D eigenvalue weighted by Crippen LogP contribution is -2.58. The second-order valence-corrected chi connectivity index (χ2v) is 8.80. The fourth-order valence-corrected chi connectivity index (χ4v) is 4.28. The molecule has 1 unspecified atom stereocenters. The summed E-state index contributed by atoms with van der Waals surface area (Å²) in [5.74, 6) is 0. The molecule has 0 bridgehead atoms. The smallest absolute Gasteiger partial charge is 0.105 e. The zero-order chi connectivity index (χ0) is 18.6. The molecular formula is C27H45NO. The first kappa shape index (κ1) is 27.4. The Hall–Kier alpha value is -1.64. The molecule has 0 aliphatic carbocycles. The van der Waals surface area contributed by atoms with Gasteiger partial charge in [0.1, 0.15) is 6.10 Å². The van der Waals surface area contributed by atoms with E-state index >= 15 is 0 Å². The summed E-state index contributed by atoms with van der Waals surface area (Å²) in [6.45, 7) is 9.25. The van der Waals surface area contributed by atoms with E-state index in [0.29, 0.717) is 0 Å². The van der Waals surface area contributed by atoms with E-state index < -0.39 is 0 Å². The molecule has 29 heavy (non-hydrogen) atoms. The van der Waals surface area contributed by atoms with Crippen LogP contribution in [0.3, 0.4) is 0 Å². The Morgan fingerprint density at radius 1 is 0.793 bits per heavy atom. The van der Waals surface area contributed by atoms with Crippen LogP contribution in [0.4, 0.5) is 0 Å². The van der Waals surface area contributed by atoms with E-state index in [2.05, 4.69) is 93.4 Å². The maximum atomic E-state index is 6.76. The van der Waals surface area contributed by atoms with Gasteiger partial charge >= 0.3 is 0 Å². The number of aryl methyl sites for hydroxylation is 1. The van der Waals surface area contributed by atoms with E-state index in [1.807, 2.05) is 0 Å². The molecule has 0 aromatic heterocycles. The SMILES string of the molecule is C.C.C.CC1(C)CCCC(C)(C)N1OC(CCc1ccccc1)c1ccccc1. The Morgan fingerprint density at radius 2 is 1.28 bits per heavy atom. The molecule has 2 aromatic carbocycles. The van der Waals surface area contributed by atoms with Crippen molar-refractivity contribution in [3.8, 4) is 0 Å². The molecule has 2 heteroatoms. The summed E-state index contributed by atoms with van der Waals surface area (Å²) >= 11 is 0. The number of nitrogens with zero attached hydrogens (tertiary/aromatic N) is 1. The monoisotopic (exact) mass is 399 g/mol. The minimum absolute atomic E-state index is 0. The third-order valence-electron chi connectivity index (χ3n) is 5.62. The van der Waals surface area contributed by atoms with Crippen molar-refractivity contribution in [3.63, 3.8) is 0 Å². The molecule has 0 amide bonds. The van der Waals surface area contributed by atoms with Gasteiger partial charge in [-0.2, -0.15) is 5.06 Å². The third-order valence-corrected chi connectivity index (χ3v) is 5.62. The van der Waals surface area contributed by atoms with E-state index in [1.54, 1.807) is 0 Å². The highest BCUT2D eigenvalue weighted by atomic mass is 16.7. The Kier molecular flexibility index (Phi) is 10.9. The lowest BCUT2D eigenvalue weighted by atomic mass is 9.82. The third kappa shape index (κ3) is 6.97. The molecule has 1 fully saturated rings. The van der Waals surface area contributed by atoms with E-state index in [-0.39, 0.29) is 39.5 Å². The average Bonchev–Trinajstić information content (AvgIpc) is 2.62. The van der Waals surface area contributed by atoms with Gasteiger partial charge in [-0.15, -0.1) is 0 Å². The number of rotatable bonds is 6. The van der Waals surface area contributed by atoms with E-state index in [1.165, 1.54) is 30.4 Å². The maximum Gasteiger partial charge on any atom is 0.105 e. The standard InChI is InChI=1S/C24H33NO.3CH4/c1-23(2)18-11-19-24(3,4)25(23)26-22(21-14-9-6-10-15-21)17-16-20-12-7-5-8-13-20;;;/h5-10,12-15,22H,11,16-19H2,1-4H3;3*1H4. The van der Waals surface area contributed by atoms with Crippen LogP contribution >= 0.6 is 0 Å². The van der Waals surface area contributed by atoms with Crippen LogP contribution in [-0.2, 0) is 11.3 Å². The molecule has 0 N–H and O–H groups in total. The number of hydroxylamine groups is 2. The summed E-state index contributed by atoms with van der Waals surface area (Å²) in [7, 11) is 0. The van der Waals surface area contributed by atoms with Gasteiger partial charge in [0.25, 0.3) is 0 Å². The summed E-state index contributed by atoms with van der Waals surface area (Å²) in [5.41, 5.74) is 2.75. The van der Waals surface area contributed by atoms with Crippen molar-refractivity contribution in [1.29, 1.82) is 0 Å². The van der Waals surface area contributed by atoms with E-state index in [0.717, 1.165) is 12.8 Å². The minimum Gasteiger partial charge on any atom is -0.290 e. The van der Waals surface area contributed by atoms with Gasteiger partial charge in [0.2, 0.25) is 0 Å². The molecule has 2 nitrogen and oxygen atoms in total. The second-order valence-electron chi connectivity index (χ2n) is 8.80. The Morgan fingerprint density at radius 3 is 1.79 bits per heavy atom. The number of benzene rings is 2. The highest BCUT2D eigenvalue weighted by Gasteiger charge is 2.43. The second kappa shape index (κ2) is 11.5. The molecule has 1 saturated heterocycles. The first-order chi connectivity index (χ1) is 12.4. The van der Waals surface area contributed by atoms with Crippen molar-refractivity contribution in [3.05, 3.63) is 71.8 Å². The zero-order valence-electron chi connectivity index (χ0n) is 16.7. The molecule has 3 rings (SSSR count). The Balaban J connectivity index is 0.00000261. The fraction of sp³-hybridized carbons (Fsp3) is 0.556. The summed E-state index contributed by atoms with van der Waals surface area (Å²) in [4.78, 5) is 6.76. The van der Waals surface area contributed by atoms with Gasteiger partial charge in [-0.05, 0) is 70.9 Å². The normalized spacial score (nSPS) is 18.5. The van der Waals surface area contributed by atoms with Gasteiger partial charge in [-0.3, -0.25) is 4.84 Å². The zero-order valence-corrected chi connectivity index (χ0v) is 16.7. The van der Waals surface area contributed by atoms with Crippen LogP contribution in [0.15, 0.2) is 60.7 Å². The van der Waals surface area contributed by atoms with Gasteiger partial charge in [-0.25, -0.2) is 0 Å². The van der Waals surface area contributed by atoms with Crippen molar-refractivity contribution < 1.29 is 4.84 Å². The summed E-state index contributed by atoms with van der Waals surface area (Å²) in [5, 5.41) is 2.30. The molecule has 0 radical (unpaired) electrons. The fourth-order valence-electron chi connectivity index (χ4n) is 4.28. The molecule has 1 aliphatic rings. The van der Waals surface area contributed by atoms with Gasteiger partial charge in [0.15, 0.2) is 0 Å². The van der Waals surface area contributed by atoms with Crippen LogP contribution < -0.4 is 0 Å². The Bertz CT molecular complexity index is 662. The molecule has 1 heterocycles. The van der Waals surface area contributed by atoms with Gasteiger partial charge < -0.3 is 0 Å².